The van der Waals surface area contributed by atoms with Crippen LogP contribution in [-0.2, 0) is 4.79 Å². The number of pyridine rings is 1. The molecule has 7 nitrogen and oxygen atoms in total. The normalized spacial score (nSPS) is 15.0. The minimum Gasteiger partial charge on any atom is -0.367 e. The Morgan fingerprint density at radius 1 is 1.16 bits per heavy atom. The Balaban J connectivity index is 1.37. The Kier molecular flexibility index (Phi) is 5.77. The van der Waals surface area contributed by atoms with Gasteiger partial charge in [-0.25, -0.2) is 9.97 Å². The van der Waals surface area contributed by atoms with Crippen LogP contribution in [0.5, 0.6) is 0 Å². The molecular formula is C18H24N6O. The van der Waals surface area contributed by atoms with Gasteiger partial charge in [-0.2, -0.15) is 0 Å². The molecule has 0 saturated carbocycles. The van der Waals surface area contributed by atoms with Gasteiger partial charge in [-0.15, -0.1) is 0 Å². The molecule has 132 valence electrons. The van der Waals surface area contributed by atoms with E-state index in [9.17, 15) is 4.79 Å². The summed E-state index contributed by atoms with van der Waals surface area (Å²) in [5.41, 5.74) is 1.16. The van der Waals surface area contributed by atoms with Crippen LogP contribution in [0.15, 0.2) is 36.9 Å². The summed E-state index contributed by atoms with van der Waals surface area (Å²) in [4.78, 5) is 27.1. The number of aromatic nitrogens is 3. The minimum absolute atomic E-state index is 0.0817. The van der Waals surface area contributed by atoms with E-state index in [-0.39, 0.29) is 11.8 Å². The number of anilines is 2. The maximum Gasteiger partial charge on any atom is 0.223 e. The number of nitrogens with zero attached hydrogens (tertiary/aromatic N) is 4. The summed E-state index contributed by atoms with van der Waals surface area (Å²) in [7, 11) is 0. The number of carbonyl (C=O) groups is 1. The number of carbonyl (C=O) groups excluding carboxylic acids is 1. The summed E-state index contributed by atoms with van der Waals surface area (Å²) in [5, 5.41) is 6.13. The van der Waals surface area contributed by atoms with E-state index in [0.717, 1.165) is 43.1 Å². The van der Waals surface area contributed by atoms with E-state index in [1.54, 1.807) is 18.6 Å². The molecule has 2 aromatic rings. The van der Waals surface area contributed by atoms with Crippen LogP contribution < -0.4 is 15.5 Å². The van der Waals surface area contributed by atoms with Gasteiger partial charge in [-0.3, -0.25) is 9.78 Å². The van der Waals surface area contributed by atoms with Gasteiger partial charge in [-0.1, -0.05) is 6.07 Å². The van der Waals surface area contributed by atoms with E-state index in [4.69, 9.17) is 0 Å². The zero-order valence-corrected chi connectivity index (χ0v) is 14.5. The largest absolute Gasteiger partial charge is 0.367 e. The van der Waals surface area contributed by atoms with Crippen molar-refractivity contribution < 1.29 is 4.79 Å². The lowest BCUT2D eigenvalue weighted by atomic mass is 9.96. The number of nitrogens with one attached hydrogen (secondary N) is 2. The lowest BCUT2D eigenvalue weighted by Gasteiger charge is -2.32. The second-order valence-electron chi connectivity index (χ2n) is 6.26. The van der Waals surface area contributed by atoms with E-state index in [2.05, 4.69) is 36.6 Å². The number of amides is 1. The quantitative estimate of drug-likeness (QED) is 0.778. The monoisotopic (exact) mass is 340 g/mol. The van der Waals surface area contributed by atoms with Crippen LogP contribution in [0, 0.1) is 12.8 Å². The molecule has 2 N–H and O–H groups in total. The highest BCUT2D eigenvalue weighted by atomic mass is 16.1. The fourth-order valence-electron chi connectivity index (χ4n) is 2.93. The first kappa shape index (κ1) is 17.1. The number of aryl methyl sites for hydroxylation is 1. The average molecular weight is 340 g/mol. The molecule has 2 aromatic heterocycles. The molecular weight excluding hydrogens is 316 g/mol. The molecule has 0 unspecified atom stereocenters. The van der Waals surface area contributed by atoms with Gasteiger partial charge in [0.25, 0.3) is 0 Å². The van der Waals surface area contributed by atoms with Crippen LogP contribution in [-0.4, -0.2) is 47.0 Å². The maximum atomic E-state index is 12.3. The topological polar surface area (TPSA) is 83.0 Å². The molecule has 1 amide bonds. The molecule has 1 saturated heterocycles. The molecule has 1 aliphatic rings. The van der Waals surface area contributed by atoms with Gasteiger partial charge in [0.05, 0.1) is 6.20 Å². The Morgan fingerprint density at radius 3 is 2.68 bits per heavy atom. The molecule has 1 fully saturated rings. The lowest BCUT2D eigenvalue weighted by Crippen LogP contribution is -2.41. The highest BCUT2D eigenvalue weighted by molar-refractivity contribution is 5.79. The van der Waals surface area contributed by atoms with Crippen LogP contribution in [0.1, 0.15) is 18.4 Å². The summed E-state index contributed by atoms with van der Waals surface area (Å²) in [6.45, 7) is 4.98. The fourth-order valence-corrected chi connectivity index (χ4v) is 2.93. The molecule has 3 rings (SSSR count). The second kappa shape index (κ2) is 8.41. The van der Waals surface area contributed by atoms with Crippen molar-refractivity contribution in [1.82, 2.24) is 20.3 Å². The first-order chi connectivity index (χ1) is 12.2. The first-order valence-corrected chi connectivity index (χ1v) is 8.67. The SMILES string of the molecule is Cc1ccc(N2CCC(C(=O)NCCNc3cnccn3)CC2)nc1. The van der Waals surface area contributed by atoms with Gasteiger partial charge in [0.15, 0.2) is 0 Å². The molecule has 0 spiro atoms. The Hall–Kier alpha value is -2.70. The Labute approximate surface area is 147 Å². The molecule has 1 aliphatic heterocycles. The van der Waals surface area contributed by atoms with Crippen molar-refractivity contribution in [2.45, 2.75) is 19.8 Å². The van der Waals surface area contributed by atoms with Crippen LogP contribution in [0.25, 0.3) is 0 Å². The fraction of sp³-hybridized carbons (Fsp3) is 0.444. The molecule has 0 aliphatic carbocycles. The molecule has 0 bridgehead atoms. The average Bonchev–Trinajstić information content (AvgIpc) is 2.67. The van der Waals surface area contributed by atoms with Crippen molar-refractivity contribution in [2.75, 3.05) is 36.4 Å². The minimum atomic E-state index is 0.0817. The number of rotatable bonds is 6. The van der Waals surface area contributed by atoms with Crippen molar-refractivity contribution in [2.24, 2.45) is 5.92 Å². The van der Waals surface area contributed by atoms with Crippen molar-refractivity contribution >= 4 is 17.5 Å². The van der Waals surface area contributed by atoms with Crippen molar-refractivity contribution in [3.05, 3.63) is 42.5 Å². The predicted octanol–water partition coefficient (Wildman–Crippen LogP) is 1.62. The van der Waals surface area contributed by atoms with E-state index in [1.165, 1.54) is 0 Å². The molecule has 0 aromatic carbocycles. The van der Waals surface area contributed by atoms with Crippen LogP contribution in [0.2, 0.25) is 0 Å². The number of piperidine rings is 1. The Bertz CT molecular complexity index is 668. The smallest absolute Gasteiger partial charge is 0.223 e. The zero-order chi connectivity index (χ0) is 17.5. The van der Waals surface area contributed by atoms with Gasteiger partial charge in [0.1, 0.15) is 11.6 Å². The van der Waals surface area contributed by atoms with Gasteiger partial charge >= 0.3 is 0 Å². The van der Waals surface area contributed by atoms with Crippen molar-refractivity contribution in [1.29, 1.82) is 0 Å². The van der Waals surface area contributed by atoms with Crippen molar-refractivity contribution in [3.63, 3.8) is 0 Å². The third-order valence-corrected chi connectivity index (χ3v) is 4.38. The zero-order valence-electron chi connectivity index (χ0n) is 14.5. The van der Waals surface area contributed by atoms with Gasteiger partial charge in [-0.05, 0) is 31.4 Å². The molecule has 7 heteroatoms. The number of hydrogen-bond acceptors (Lipinski definition) is 6. The third-order valence-electron chi connectivity index (χ3n) is 4.38. The summed E-state index contributed by atoms with van der Waals surface area (Å²) in [6.07, 6.45) is 8.54. The molecule has 25 heavy (non-hydrogen) atoms. The first-order valence-electron chi connectivity index (χ1n) is 8.67. The number of hydrogen-bond donors (Lipinski definition) is 2. The molecule has 0 radical (unpaired) electrons. The summed E-state index contributed by atoms with van der Waals surface area (Å²) >= 11 is 0. The van der Waals surface area contributed by atoms with Crippen LogP contribution in [0.4, 0.5) is 11.6 Å². The predicted molar refractivity (Wildman–Crippen MR) is 97.4 cm³/mol. The van der Waals surface area contributed by atoms with Crippen LogP contribution >= 0.6 is 0 Å². The maximum absolute atomic E-state index is 12.3. The van der Waals surface area contributed by atoms with E-state index in [1.807, 2.05) is 19.2 Å². The summed E-state index contributed by atoms with van der Waals surface area (Å²) in [5.74, 6) is 1.93. The third kappa shape index (κ3) is 4.89. The summed E-state index contributed by atoms with van der Waals surface area (Å²) in [6, 6.07) is 4.12. The highest BCUT2D eigenvalue weighted by Gasteiger charge is 2.25. The van der Waals surface area contributed by atoms with E-state index in [0.29, 0.717) is 13.1 Å². The summed E-state index contributed by atoms with van der Waals surface area (Å²) < 4.78 is 0. The van der Waals surface area contributed by atoms with Gasteiger partial charge in [0.2, 0.25) is 5.91 Å². The van der Waals surface area contributed by atoms with Crippen molar-refractivity contribution in [3.8, 4) is 0 Å². The standard InChI is InChI=1S/C18H24N6O/c1-14-2-3-17(23-12-14)24-10-4-15(5-11-24)18(25)22-9-8-21-16-13-19-6-7-20-16/h2-3,6-7,12-13,15H,4-5,8-11H2,1H3,(H,20,21)(H,22,25). The van der Waals surface area contributed by atoms with Gasteiger partial charge in [0, 0.05) is 50.7 Å². The second-order valence-corrected chi connectivity index (χ2v) is 6.26. The van der Waals surface area contributed by atoms with Crippen LogP contribution in [0.3, 0.4) is 0 Å². The van der Waals surface area contributed by atoms with Gasteiger partial charge < -0.3 is 15.5 Å². The van der Waals surface area contributed by atoms with E-state index >= 15 is 0 Å². The highest BCUT2D eigenvalue weighted by Crippen LogP contribution is 2.21. The Morgan fingerprint density at radius 2 is 2.00 bits per heavy atom. The molecule has 3 heterocycles. The van der Waals surface area contributed by atoms with E-state index < -0.39 is 0 Å². The molecule has 0 atom stereocenters. The lowest BCUT2D eigenvalue weighted by molar-refractivity contribution is -0.125.